The van der Waals surface area contributed by atoms with E-state index in [-0.39, 0.29) is 12.3 Å². The van der Waals surface area contributed by atoms with Gasteiger partial charge in [-0.25, -0.2) is 0 Å². The number of rotatable bonds is 31. The van der Waals surface area contributed by atoms with Crippen molar-refractivity contribution in [2.45, 2.75) is 221 Å². The van der Waals surface area contributed by atoms with Crippen molar-refractivity contribution >= 4 is 17.9 Å². The SMILES string of the molecule is CC(C)CC(=O)O.CC(C)CCCCCCCCCCCCCCC(=O)O.CCCCCCCCCCCCCCCC(=O)O. The predicted octanol–water partition coefficient (Wildman–Crippen LogP) is 12.9. The van der Waals surface area contributed by atoms with Gasteiger partial charge in [0.2, 0.25) is 0 Å². The van der Waals surface area contributed by atoms with Gasteiger partial charge in [-0.2, -0.15) is 0 Å². The molecule has 0 atom stereocenters. The Kier molecular flexibility index (Phi) is 43.0. The van der Waals surface area contributed by atoms with Gasteiger partial charge in [0.25, 0.3) is 0 Å². The molecule has 0 aromatic carbocycles. The highest BCUT2D eigenvalue weighted by molar-refractivity contribution is 5.67. The van der Waals surface area contributed by atoms with E-state index in [4.69, 9.17) is 15.3 Å². The smallest absolute Gasteiger partial charge is 0.303 e. The lowest BCUT2D eigenvalue weighted by Gasteiger charge is -2.04. The van der Waals surface area contributed by atoms with Gasteiger partial charge in [-0.3, -0.25) is 14.4 Å². The van der Waals surface area contributed by atoms with Crippen LogP contribution in [0.2, 0.25) is 0 Å². The van der Waals surface area contributed by atoms with Gasteiger partial charge in [0, 0.05) is 19.3 Å². The highest BCUT2D eigenvalue weighted by Crippen LogP contribution is 2.15. The Morgan fingerprint density at radius 2 is 0.644 bits per heavy atom. The third-order valence-corrected chi connectivity index (χ3v) is 8.00. The molecule has 0 spiro atoms. The number of hydrogen-bond donors (Lipinski definition) is 3. The molecule has 6 nitrogen and oxygen atoms in total. The van der Waals surface area contributed by atoms with Crippen molar-refractivity contribution in [1.82, 2.24) is 0 Å². The molecule has 0 fully saturated rings. The first-order chi connectivity index (χ1) is 21.5. The summed E-state index contributed by atoms with van der Waals surface area (Å²) in [5.74, 6) is -0.880. The van der Waals surface area contributed by atoms with Crippen LogP contribution in [0.3, 0.4) is 0 Å². The van der Waals surface area contributed by atoms with Gasteiger partial charge < -0.3 is 15.3 Å². The summed E-state index contributed by atoms with van der Waals surface area (Å²) >= 11 is 0. The van der Waals surface area contributed by atoms with Gasteiger partial charge >= 0.3 is 17.9 Å². The molecule has 0 aromatic rings. The van der Waals surface area contributed by atoms with Crippen molar-refractivity contribution in [3.8, 4) is 0 Å². The third-order valence-electron chi connectivity index (χ3n) is 8.00. The molecular weight excluding hydrogens is 564 g/mol. The summed E-state index contributed by atoms with van der Waals surface area (Å²) in [6, 6.07) is 0. The van der Waals surface area contributed by atoms with E-state index in [2.05, 4.69) is 20.8 Å². The van der Waals surface area contributed by atoms with E-state index in [1.54, 1.807) is 0 Å². The molecule has 0 unspecified atom stereocenters. The van der Waals surface area contributed by atoms with E-state index >= 15 is 0 Å². The first-order valence-corrected chi connectivity index (χ1v) is 19.2. The molecule has 0 bridgehead atoms. The number of carboxylic acid groups (broad SMARTS) is 3. The minimum Gasteiger partial charge on any atom is -0.481 e. The van der Waals surface area contributed by atoms with Crippen molar-refractivity contribution in [3.05, 3.63) is 0 Å². The van der Waals surface area contributed by atoms with Gasteiger partial charge in [0.1, 0.15) is 0 Å². The van der Waals surface area contributed by atoms with Gasteiger partial charge in [-0.15, -0.1) is 0 Å². The highest BCUT2D eigenvalue weighted by Gasteiger charge is 2.00. The maximum absolute atomic E-state index is 10.3. The van der Waals surface area contributed by atoms with Crippen molar-refractivity contribution in [3.63, 3.8) is 0 Å². The second-order valence-electron chi connectivity index (χ2n) is 13.9. The molecule has 0 amide bonds. The normalized spacial score (nSPS) is 10.7. The van der Waals surface area contributed by atoms with Gasteiger partial charge in [-0.05, 0) is 24.7 Å². The number of aliphatic carboxylic acids is 3. The first-order valence-electron chi connectivity index (χ1n) is 19.2. The molecule has 0 rings (SSSR count). The van der Waals surface area contributed by atoms with Gasteiger partial charge in [0.05, 0.1) is 0 Å². The summed E-state index contributed by atoms with van der Waals surface area (Å²) in [6.07, 6.45) is 34.9. The minimum absolute atomic E-state index is 0.275. The topological polar surface area (TPSA) is 112 Å². The largest absolute Gasteiger partial charge is 0.481 e. The standard InChI is InChI=1S/C18H36O2.C16H32O2.C5H10O2/c1-17(2)15-13-11-9-7-5-3-4-6-8-10-12-14-16-18(19)20;1-2-3-4-5-6-7-8-9-10-11-12-13-14-15-16(17)18;1-4(2)3-5(6)7/h17H,3-16H2,1-2H3,(H,19,20);2-15H2,1H3,(H,17,18);4H,3H2,1-2H3,(H,6,7). The number of carbonyl (C=O) groups is 3. The number of unbranched alkanes of at least 4 members (excludes halogenated alkanes) is 23. The summed E-state index contributed by atoms with van der Waals surface area (Å²) < 4.78 is 0. The molecule has 0 saturated carbocycles. The van der Waals surface area contributed by atoms with E-state index < -0.39 is 17.9 Å². The third kappa shape index (κ3) is 58.5. The maximum Gasteiger partial charge on any atom is 0.303 e. The monoisotopic (exact) mass is 643 g/mol. The van der Waals surface area contributed by atoms with E-state index in [1.165, 1.54) is 141 Å². The average molecular weight is 643 g/mol. The Labute approximate surface area is 279 Å². The fourth-order valence-corrected chi connectivity index (χ4v) is 5.24. The Balaban J connectivity index is -0.000000650. The van der Waals surface area contributed by atoms with E-state index in [9.17, 15) is 14.4 Å². The fourth-order valence-electron chi connectivity index (χ4n) is 5.24. The summed E-state index contributed by atoms with van der Waals surface area (Å²) in [5.41, 5.74) is 0. The molecule has 0 aliphatic rings. The van der Waals surface area contributed by atoms with Crippen LogP contribution in [0.25, 0.3) is 0 Å². The summed E-state index contributed by atoms with van der Waals surface area (Å²) in [6.45, 7) is 10.6. The number of hydrogen-bond acceptors (Lipinski definition) is 3. The van der Waals surface area contributed by atoms with E-state index in [1.807, 2.05) is 13.8 Å². The summed E-state index contributed by atoms with van der Waals surface area (Å²) in [4.78, 5) is 30.4. The first kappa shape index (κ1) is 47.8. The zero-order valence-corrected chi connectivity index (χ0v) is 30.7. The highest BCUT2D eigenvalue weighted by atomic mass is 16.4. The van der Waals surface area contributed by atoms with Crippen LogP contribution in [-0.4, -0.2) is 33.2 Å². The second-order valence-corrected chi connectivity index (χ2v) is 13.9. The van der Waals surface area contributed by atoms with Crippen LogP contribution in [0.1, 0.15) is 221 Å². The zero-order chi connectivity index (χ0) is 34.4. The van der Waals surface area contributed by atoms with Crippen LogP contribution in [0.5, 0.6) is 0 Å². The van der Waals surface area contributed by atoms with E-state index in [0.717, 1.165) is 31.6 Å². The molecule has 0 heterocycles. The Hall–Kier alpha value is -1.59. The zero-order valence-electron chi connectivity index (χ0n) is 30.7. The lowest BCUT2D eigenvalue weighted by atomic mass is 10.0. The Morgan fingerprint density at radius 3 is 0.844 bits per heavy atom. The Bertz CT molecular complexity index is 617. The average Bonchev–Trinajstić information content (AvgIpc) is 2.95. The van der Waals surface area contributed by atoms with Crippen LogP contribution < -0.4 is 0 Å². The molecule has 3 N–H and O–H groups in total. The molecule has 0 aliphatic heterocycles. The van der Waals surface area contributed by atoms with Crippen LogP contribution in [0.4, 0.5) is 0 Å². The van der Waals surface area contributed by atoms with Crippen LogP contribution in [0, 0.1) is 11.8 Å². The van der Waals surface area contributed by atoms with Crippen LogP contribution >= 0.6 is 0 Å². The van der Waals surface area contributed by atoms with Crippen LogP contribution in [-0.2, 0) is 14.4 Å². The van der Waals surface area contributed by atoms with Crippen molar-refractivity contribution in [1.29, 1.82) is 0 Å². The second kappa shape index (κ2) is 40.4. The lowest BCUT2D eigenvalue weighted by molar-refractivity contribution is -0.138. The van der Waals surface area contributed by atoms with Crippen molar-refractivity contribution < 1.29 is 29.7 Å². The van der Waals surface area contributed by atoms with Crippen molar-refractivity contribution in [2.24, 2.45) is 11.8 Å². The maximum atomic E-state index is 10.3. The summed E-state index contributed by atoms with van der Waals surface area (Å²) in [5, 5.41) is 25.1. The molecule has 0 saturated heterocycles. The fraction of sp³-hybridized carbons (Fsp3) is 0.923. The van der Waals surface area contributed by atoms with Gasteiger partial charge in [0.15, 0.2) is 0 Å². The molecule has 0 aromatic heterocycles. The molecular formula is C39H78O6. The van der Waals surface area contributed by atoms with Crippen LogP contribution in [0.15, 0.2) is 0 Å². The summed E-state index contributed by atoms with van der Waals surface area (Å²) in [7, 11) is 0. The molecule has 6 heteroatoms. The molecule has 0 aliphatic carbocycles. The minimum atomic E-state index is -0.713. The predicted molar refractivity (Wildman–Crippen MR) is 192 cm³/mol. The molecule has 0 radical (unpaired) electrons. The Morgan fingerprint density at radius 1 is 0.378 bits per heavy atom. The number of carboxylic acids is 3. The molecule has 45 heavy (non-hydrogen) atoms. The quantitative estimate of drug-likeness (QED) is 0.0649. The van der Waals surface area contributed by atoms with Gasteiger partial charge in [-0.1, -0.05) is 189 Å². The van der Waals surface area contributed by atoms with Crippen molar-refractivity contribution in [2.75, 3.05) is 0 Å². The lowest BCUT2D eigenvalue weighted by Crippen LogP contribution is -1.99. The molecule has 270 valence electrons. The van der Waals surface area contributed by atoms with E-state index in [0.29, 0.717) is 12.8 Å².